The van der Waals surface area contributed by atoms with E-state index in [1.807, 2.05) is 15.8 Å². The summed E-state index contributed by atoms with van der Waals surface area (Å²) in [4.78, 5) is 14.7. The predicted octanol–water partition coefficient (Wildman–Crippen LogP) is 1.86. The molecule has 0 unspecified atom stereocenters. The molecule has 0 bridgehead atoms. The Bertz CT molecular complexity index is 741. The van der Waals surface area contributed by atoms with E-state index in [0.29, 0.717) is 25.3 Å². The number of hydrogen-bond donors (Lipinski definition) is 0. The highest BCUT2D eigenvalue weighted by Crippen LogP contribution is 2.32. The number of nitrogens with zero attached hydrogens (tertiary/aromatic N) is 5. The summed E-state index contributed by atoms with van der Waals surface area (Å²) in [5.41, 5.74) is 2.90. The lowest BCUT2D eigenvalue weighted by Gasteiger charge is -2.33. The third-order valence-corrected chi connectivity index (χ3v) is 4.94. The van der Waals surface area contributed by atoms with E-state index in [4.69, 9.17) is 4.74 Å². The number of ether oxygens (including phenoxy) is 1. The highest BCUT2D eigenvalue weighted by Gasteiger charge is 2.32. The minimum Gasteiger partial charge on any atom is -0.380 e. The average molecular weight is 341 g/mol. The molecule has 1 atom stereocenters. The maximum absolute atomic E-state index is 12.8. The molecule has 1 saturated carbocycles. The molecule has 0 aromatic carbocycles. The molecule has 1 aliphatic carbocycles. The number of carbonyl (C=O) groups is 1. The van der Waals surface area contributed by atoms with Gasteiger partial charge in [0.2, 0.25) is 0 Å². The Morgan fingerprint density at radius 3 is 2.88 bits per heavy atom. The largest absolute Gasteiger partial charge is 0.380 e. The molecule has 0 N–H and O–H groups in total. The van der Waals surface area contributed by atoms with Gasteiger partial charge in [0.15, 0.2) is 0 Å². The molecule has 2 aliphatic rings. The lowest BCUT2D eigenvalue weighted by molar-refractivity contribution is 0.0619. The van der Waals surface area contributed by atoms with Crippen molar-refractivity contribution in [1.82, 2.24) is 24.9 Å². The number of aromatic nitrogens is 4. The molecule has 25 heavy (non-hydrogen) atoms. The van der Waals surface area contributed by atoms with Gasteiger partial charge >= 0.3 is 0 Å². The Morgan fingerprint density at radius 1 is 1.28 bits per heavy atom. The van der Waals surface area contributed by atoms with Crippen LogP contribution in [0.5, 0.6) is 0 Å². The summed E-state index contributed by atoms with van der Waals surface area (Å²) < 4.78 is 7.99. The van der Waals surface area contributed by atoms with E-state index in [-0.39, 0.29) is 11.8 Å². The van der Waals surface area contributed by atoms with Gasteiger partial charge in [-0.15, -0.1) is 0 Å². The van der Waals surface area contributed by atoms with Crippen molar-refractivity contribution in [2.24, 2.45) is 5.92 Å². The molecule has 1 aliphatic heterocycles. The first-order chi connectivity index (χ1) is 12.3. The van der Waals surface area contributed by atoms with Gasteiger partial charge in [-0.3, -0.25) is 9.48 Å². The monoisotopic (exact) mass is 341 g/mol. The molecule has 2 aromatic heterocycles. The van der Waals surface area contributed by atoms with Gasteiger partial charge in [-0.1, -0.05) is 0 Å². The smallest absolute Gasteiger partial charge is 0.255 e. The topological polar surface area (TPSA) is 73.1 Å². The number of carbonyl (C=O) groups excluding carboxylic acids is 1. The Balaban J connectivity index is 1.54. The molecule has 132 valence electrons. The van der Waals surface area contributed by atoms with Gasteiger partial charge in [0.25, 0.3) is 5.91 Å². The van der Waals surface area contributed by atoms with Crippen molar-refractivity contribution in [3.63, 3.8) is 0 Å². The van der Waals surface area contributed by atoms with E-state index in [0.717, 1.165) is 24.6 Å². The summed E-state index contributed by atoms with van der Waals surface area (Å²) in [6.45, 7) is 5.61. The summed E-state index contributed by atoms with van der Waals surface area (Å²) in [6, 6.07) is 1.71. The van der Waals surface area contributed by atoms with Crippen LogP contribution in [0, 0.1) is 5.92 Å². The Morgan fingerprint density at radius 2 is 2.16 bits per heavy atom. The third-order valence-electron chi connectivity index (χ3n) is 4.94. The molecular weight excluding hydrogens is 318 g/mol. The van der Waals surface area contributed by atoms with Crippen LogP contribution in [0.25, 0.3) is 0 Å². The summed E-state index contributed by atoms with van der Waals surface area (Å²) in [6.07, 6.45) is 7.52. The molecule has 3 heterocycles. The summed E-state index contributed by atoms with van der Waals surface area (Å²) in [5.74, 6) is 0.875. The van der Waals surface area contributed by atoms with Gasteiger partial charge in [0, 0.05) is 37.7 Å². The van der Waals surface area contributed by atoms with Crippen LogP contribution in [0.3, 0.4) is 0 Å². The molecular formula is C18H23N5O2. The van der Waals surface area contributed by atoms with Gasteiger partial charge < -0.3 is 9.64 Å². The molecule has 0 radical (unpaired) electrons. The van der Waals surface area contributed by atoms with Crippen molar-refractivity contribution < 1.29 is 9.53 Å². The number of hydrogen-bond acceptors (Lipinski definition) is 5. The first-order valence-electron chi connectivity index (χ1n) is 8.94. The zero-order valence-corrected chi connectivity index (χ0v) is 14.5. The Labute approximate surface area is 147 Å². The fourth-order valence-electron chi connectivity index (χ4n) is 3.45. The Kier molecular flexibility index (Phi) is 4.48. The van der Waals surface area contributed by atoms with E-state index in [1.54, 1.807) is 12.3 Å². The minimum absolute atomic E-state index is 0.0167. The second-order valence-electron chi connectivity index (χ2n) is 6.87. The van der Waals surface area contributed by atoms with Crippen LogP contribution in [-0.2, 0) is 17.8 Å². The van der Waals surface area contributed by atoms with Crippen LogP contribution in [0.4, 0.5) is 0 Å². The van der Waals surface area contributed by atoms with E-state index < -0.39 is 0 Å². The zero-order chi connectivity index (χ0) is 17.2. The molecule has 2 aromatic rings. The van der Waals surface area contributed by atoms with Crippen LogP contribution in [-0.4, -0.2) is 50.5 Å². The Hall–Kier alpha value is -2.28. The third kappa shape index (κ3) is 3.42. The number of amides is 1. The van der Waals surface area contributed by atoms with Crippen LogP contribution in [0.2, 0.25) is 0 Å². The van der Waals surface area contributed by atoms with Gasteiger partial charge in [-0.2, -0.15) is 15.3 Å². The van der Waals surface area contributed by atoms with Crippen molar-refractivity contribution in [3.05, 3.63) is 41.5 Å². The maximum Gasteiger partial charge on any atom is 0.255 e. The summed E-state index contributed by atoms with van der Waals surface area (Å²) >= 11 is 0. The van der Waals surface area contributed by atoms with E-state index >= 15 is 0 Å². The number of aryl methyl sites for hydroxylation is 1. The fourth-order valence-corrected chi connectivity index (χ4v) is 3.45. The maximum atomic E-state index is 12.8. The van der Waals surface area contributed by atoms with Crippen molar-refractivity contribution >= 4 is 5.91 Å². The SMILES string of the molecule is CCn1ncc2c1[C@@H](COCC1CC1)CN(C(=O)c1ccnnc1)C2. The number of fused-ring (bicyclic) bond motifs is 1. The summed E-state index contributed by atoms with van der Waals surface area (Å²) in [7, 11) is 0. The zero-order valence-electron chi connectivity index (χ0n) is 14.5. The van der Waals surface area contributed by atoms with Crippen LogP contribution >= 0.6 is 0 Å². The standard InChI is InChI=1S/C18H23N5O2/c1-2-23-17-15(8-21-23)9-22(18(24)14-5-6-19-20-7-14)10-16(17)12-25-11-13-3-4-13/h5-8,13,16H,2-4,9-12H2,1H3/t16-/m1/s1. The van der Waals surface area contributed by atoms with E-state index in [2.05, 4.69) is 22.2 Å². The lowest BCUT2D eigenvalue weighted by Crippen LogP contribution is -2.40. The van der Waals surface area contributed by atoms with Crippen LogP contribution in [0.15, 0.2) is 24.7 Å². The molecule has 7 nitrogen and oxygen atoms in total. The highest BCUT2D eigenvalue weighted by molar-refractivity contribution is 5.94. The molecule has 0 spiro atoms. The molecule has 4 rings (SSSR count). The van der Waals surface area contributed by atoms with Gasteiger partial charge in [0.1, 0.15) is 0 Å². The first kappa shape index (κ1) is 16.2. The second-order valence-corrected chi connectivity index (χ2v) is 6.87. The van der Waals surface area contributed by atoms with Crippen molar-refractivity contribution in [2.45, 2.75) is 38.8 Å². The van der Waals surface area contributed by atoms with Gasteiger partial charge in [-0.05, 0) is 31.7 Å². The average Bonchev–Trinajstić information content (AvgIpc) is 3.38. The van der Waals surface area contributed by atoms with Gasteiger partial charge in [-0.25, -0.2) is 0 Å². The normalized spacial score (nSPS) is 19.7. The highest BCUT2D eigenvalue weighted by atomic mass is 16.5. The molecule has 1 fully saturated rings. The van der Waals surface area contributed by atoms with Crippen molar-refractivity contribution in [1.29, 1.82) is 0 Å². The van der Waals surface area contributed by atoms with E-state index in [9.17, 15) is 4.79 Å². The van der Waals surface area contributed by atoms with Crippen LogP contribution < -0.4 is 0 Å². The summed E-state index contributed by atoms with van der Waals surface area (Å²) in [5, 5.41) is 12.1. The van der Waals surface area contributed by atoms with Crippen molar-refractivity contribution in [3.8, 4) is 0 Å². The van der Waals surface area contributed by atoms with Crippen molar-refractivity contribution in [2.75, 3.05) is 19.8 Å². The van der Waals surface area contributed by atoms with Crippen LogP contribution in [0.1, 0.15) is 47.3 Å². The lowest BCUT2D eigenvalue weighted by atomic mass is 9.96. The quantitative estimate of drug-likeness (QED) is 0.802. The molecule has 1 amide bonds. The molecule has 7 heteroatoms. The second kappa shape index (κ2) is 6.92. The first-order valence-corrected chi connectivity index (χ1v) is 8.94. The molecule has 0 saturated heterocycles. The van der Waals surface area contributed by atoms with E-state index in [1.165, 1.54) is 24.7 Å². The van der Waals surface area contributed by atoms with Gasteiger partial charge in [0.05, 0.1) is 36.5 Å². The number of rotatable bonds is 6. The minimum atomic E-state index is -0.0167. The fraction of sp³-hybridized carbons (Fsp3) is 0.556. The predicted molar refractivity (Wildman–Crippen MR) is 91.0 cm³/mol.